The van der Waals surface area contributed by atoms with E-state index in [1.165, 1.54) is 9.78 Å². The highest BCUT2D eigenvalue weighted by atomic mass is 32.1. The van der Waals surface area contributed by atoms with Crippen LogP contribution in [0, 0.1) is 6.92 Å². The number of rotatable bonds is 6. The van der Waals surface area contributed by atoms with Crippen LogP contribution < -0.4 is 10.6 Å². The molecule has 20 heavy (non-hydrogen) atoms. The predicted molar refractivity (Wildman–Crippen MR) is 83.2 cm³/mol. The first-order chi connectivity index (χ1) is 9.52. The third-order valence-corrected chi connectivity index (χ3v) is 3.49. The van der Waals surface area contributed by atoms with Gasteiger partial charge < -0.3 is 15.5 Å². The van der Waals surface area contributed by atoms with Crippen molar-refractivity contribution in [2.45, 2.75) is 20.3 Å². The molecule has 0 saturated heterocycles. The minimum Gasteiger partial charge on any atom is -0.357 e. The van der Waals surface area contributed by atoms with E-state index in [2.05, 4.69) is 20.6 Å². The number of carbonyl (C=O) groups excluding carboxylic acids is 1. The van der Waals surface area contributed by atoms with Gasteiger partial charge in [0.15, 0.2) is 5.96 Å². The van der Waals surface area contributed by atoms with Crippen LogP contribution >= 0.6 is 11.3 Å². The molecule has 0 atom stereocenters. The molecule has 1 rings (SSSR count). The largest absolute Gasteiger partial charge is 0.357 e. The molecule has 2 N–H and O–H groups in total. The first-order valence-electron chi connectivity index (χ1n) is 6.66. The second-order valence-corrected chi connectivity index (χ2v) is 5.84. The lowest BCUT2D eigenvalue weighted by molar-refractivity contribution is -0.127. The van der Waals surface area contributed by atoms with Gasteiger partial charge in [-0.1, -0.05) is 0 Å². The topological polar surface area (TPSA) is 69.6 Å². The number of nitrogens with one attached hydrogen (secondary N) is 2. The van der Waals surface area contributed by atoms with E-state index in [-0.39, 0.29) is 12.5 Å². The number of thiazole rings is 1. The summed E-state index contributed by atoms with van der Waals surface area (Å²) >= 11 is 1.70. The van der Waals surface area contributed by atoms with E-state index in [1.807, 2.05) is 20.0 Å². The van der Waals surface area contributed by atoms with Crippen LogP contribution in [0.4, 0.5) is 0 Å². The first kappa shape index (κ1) is 16.4. The first-order valence-corrected chi connectivity index (χ1v) is 7.48. The number of guanidine groups is 1. The van der Waals surface area contributed by atoms with Gasteiger partial charge in [0, 0.05) is 44.7 Å². The zero-order chi connectivity index (χ0) is 15.0. The van der Waals surface area contributed by atoms with Gasteiger partial charge in [-0.2, -0.15) is 0 Å². The van der Waals surface area contributed by atoms with Crippen molar-refractivity contribution in [2.24, 2.45) is 4.99 Å². The van der Waals surface area contributed by atoms with Crippen molar-refractivity contribution in [1.29, 1.82) is 0 Å². The number of carbonyl (C=O) groups is 1. The predicted octanol–water partition coefficient (Wildman–Crippen LogP) is 0.637. The zero-order valence-electron chi connectivity index (χ0n) is 12.6. The van der Waals surface area contributed by atoms with E-state index >= 15 is 0 Å². The van der Waals surface area contributed by atoms with Gasteiger partial charge in [0.2, 0.25) is 5.91 Å². The monoisotopic (exact) mass is 297 g/mol. The van der Waals surface area contributed by atoms with Gasteiger partial charge in [-0.3, -0.25) is 4.79 Å². The molecule has 0 aliphatic heterocycles. The highest BCUT2D eigenvalue weighted by Gasteiger charge is 2.04. The molecule has 0 aromatic carbocycles. The quantitative estimate of drug-likeness (QED) is 0.597. The number of hydrogen-bond acceptors (Lipinski definition) is 4. The Bertz CT molecular complexity index is 455. The average Bonchev–Trinajstić information content (AvgIpc) is 2.81. The number of nitrogens with zero attached hydrogens (tertiary/aromatic N) is 3. The average molecular weight is 297 g/mol. The highest BCUT2D eigenvalue weighted by Crippen LogP contribution is 2.10. The Morgan fingerprint density at radius 2 is 2.20 bits per heavy atom. The summed E-state index contributed by atoms with van der Waals surface area (Å²) in [5.41, 5.74) is 0. The van der Waals surface area contributed by atoms with Gasteiger partial charge in [-0.15, -0.1) is 11.3 Å². The molecule has 1 heterocycles. The Labute approximate surface area is 124 Å². The zero-order valence-corrected chi connectivity index (χ0v) is 13.4. The van der Waals surface area contributed by atoms with Gasteiger partial charge >= 0.3 is 0 Å². The number of aryl methyl sites for hydroxylation is 1. The molecule has 0 bridgehead atoms. The fourth-order valence-electron chi connectivity index (χ4n) is 1.43. The van der Waals surface area contributed by atoms with Gasteiger partial charge in [0.05, 0.1) is 5.01 Å². The Balaban J connectivity index is 2.42. The van der Waals surface area contributed by atoms with E-state index in [4.69, 9.17) is 0 Å². The minimum atomic E-state index is -0.0160. The van der Waals surface area contributed by atoms with Crippen LogP contribution in [-0.2, 0) is 11.2 Å². The summed E-state index contributed by atoms with van der Waals surface area (Å²) in [6.07, 6.45) is 2.74. The second-order valence-electron chi connectivity index (χ2n) is 4.52. The fraction of sp³-hybridized carbons (Fsp3) is 0.615. The van der Waals surface area contributed by atoms with E-state index in [9.17, 15) is 4.79 Å². The van der Waals surface area contributed by atoms with Crippen molar-refractivity contribution >= 4 is 23.2 Å². The molecule has 0 unspecified atom stereocenters. The summed E-state index contributed by atoms with van der Waals surface area (Å²) in [5.74, 6) is 0.647. The standard InChI is InChI=1S/C13H23N5OS/c1-5-14-13(17-9-12(19)18(3)4)15-7-6-11-16-8-10(2)20-11/h8H,5-7,9H2,1-4H3,(H2,14,15,17). The van der Waals surface area contributed by atoms with E-state index < -0.39 is 0 Å². The van der Waals surface area contributed by atoms with Crippen LogP contribution in [0.25, 0.3) is 0 Å². The molecule has 1 amide bonds. The fourth-order valence-corrected chi connectivity index (χ4v) is 2.22. The lowest BCUT2D eigenvalue weighted by Gasteiger charge is -2.12. The summed E-state index contributed by atoms with van der Waals surface area (Å²) in [6, 6.07) is 0. The molecule has 0 aliphatic carbocycles. The van der Waals surface area contributed by atoms with Crippen LogP contribution in [0.5, 0.6) is 0 Å². The van der Waals surface area contributed by atoms with Crippen molar-refractivity contribution in [3.05, 3.63) is 16.1 Å². The lowest BCUT2D eigenvalue weighted by atomic mass is 10.4. The summed E-state index contributed by atoms with van der Waals surface area (Å²) < 4.78 is 0. The van der Waals surface area contributed by atoms with Crippen LogP contribution in [-0.4, -0.2) is 55.5 Å². The molecular formula is C13H23N5OS. The molecule has 1 aromatic heterocycles. The van der Waals surface area contributed by atoms with Crippen LogP contribution in [0.1, 0.15) is 16.8 Å². The lowest BCUT2D eigenvalue weighted by Crippen LogP contribution is -2.39. The SMILES string of the molecule is CCNC(=NCC(=O)N(C)C)NCCc1ncc(C)s1. The molecule has 1 aromatic rings. The van der Waals surface area contributed by atoms with Gasteiger partial charge in [-0.05, 0) is 13.8 Å². The highest BCUT2D eigenvalue weighted by molar-refractivity contribution is 7.11. The molecule has 0 spiro atoms. The molecule has 0 radical (unpaired) electrons. The molecule has 7 heteroatoms. The van der Waals surface area contributed by atoms with Crippen LogP contribution in [0.2, 0.25) is 0 Å². The van der Waals surface area contributed by atoms with Crippen molar-refractivity contribution in [1.82, 2.24) is 20.5 Å². The van der Waals surface area contributed by atoms with E-state index in [0.717, 1.165) is 24.5 Å². The van der Waals surface area contributed by atoms with Gasteiger partial charge in [-0.25, -0.2) is 9.98 Å². The molecule has 0 saturated carbocycles. The molecular weight excluding hydrogens is 274 g/mol. The normalized spacial score (nSPS) is 11.3. The maximum atomic E-state index is 11.5. The second kappa shape index (κ2) is 8.52. The summed E-state index contributed by atoms with van der Waals surface area (Å²) in [4.78, 5) is 22.8. The van der Waals surface area contributed by atoms with Gasteiger partial charge in [0.1, 0.15) is 6.54 Å². The Kier molecular flexibility index (Phi) is 7.00. The van der Waals surface area contributed by atoms with Crippen molar-refractivity contribution < 1.29 is 4.79 Å². The Morgan fingerprint density at radius 1 is 1.45 bits per heavy atom. The van der Waals surface area contributed by atoms with Crippen molar-refractivity contribution in [2.75, 3.05) is 33.7 Å². The van der Waals surface area contributed by atoms with Crippen molar-refractivity contribution in [3.63, 3.8) is 0 Å². The smallest absolute Gasteiger partial charge is 0.243 e. The number of amides is 1. The number of hydrogen-bond donors (Lipinski definition) is 2. The molecule has 0 aliphatic rings. The van der Waals surface area contributed by atoms with Crippen molar-refractivity contribution in [3.8, 4) is 0 Å². The summed E-state index contributed by atoms with van der Waals surface area (Å²) in [5, 5.41) is 7.43. The number of aromatic nitrogens is 1. The number of aliphatic imine (C=N–C) groups is 1. The third kappa shape index (κ3) is 6.01. The third-order valence-electron chi connectivity index (χ3n) is 2.52. The molecule has 6 nitrogen and oxygen atoms in total. The Morgan fingerprint density at radius 3 is 2.75 bits per heavy atom. The van der Waals surface area contributed by atoms with Crippen LogP contribution in [0.15, 0.2) is 11.2 Å². The maximum absolute atomic E-state index is 11.5. The minimum absolute atomic E-state index is 0.0160. The Hall–Kier alpha value is -1.63. The summed E-state index contributed by atoms with van der Waals surface area (Å²) in [6.45, 7) is 5.70. The van der Waals surface area contributed by atoms with E-state index in [0.29, 0.717) is 5.96 Å². The van der Waals surface area contributed by atoms with Crippen LogP contribution in [0.3, 0.4) is 0 Å². The van der Waals surface area contributed by atoms with Gasteiger partial charge in [0.25, 0.3) is 0 Å². The summed E-state index contributed by atoms with van der Waals surface area (Å²) in [7, 11) is 3.45. The van der Waals surface area contributed by atoms with E-state index in [1.54, 1.807) is 25.4 Å². The molecule has 0 fully saturated rings. The molecule has 112 valence electrons. The number of likely N-dealkylation sites (N-methyl/N-ethyl adjacent to an activating group) is 1. The maximum Gasteiger partial charge on any atom is 0.243 e.